The van der Waals surface area contributed by atoms with Gasteiger partial charge < -0.3 is 24.6 Å². The first kappa shape index (κ1) is 29.8. The van der Waals surface area contributed by atoms with Crippen LogP contribution in [0.3, 0.4) is 0 Å². The van der Waals surface area contributed by atoms with Crippen molar-refractivity contribution in [3.05, 3.63) is 70.6 Å². The second-order valence-electron chi connectivity index (χ2n) is 7.98. The van der Waals surface area contributed by atoms with Gasteiger partial charge in [-0.05, 0) is 48.5 Å². The number of alkyl halides is 5. The summed E-state index contributed by atoms with van der Waals surface area (Å²) < 4.78 is 96.0. The van der Waals surface area contributed by atoms with E-state index in [2.05, 4.69) is 4.98 Å². The van der Waals surface area contributed by atoms with Crippen molar-refractivity contribution in [1.29, 1.82) is 0 Å². The number of pyridine rings is 1. The molecule has 1 heterocycles. The number of nitrogens with zero attached hydrogens (tertiary/aromatic N) is 1. The molecular formula is C25H21ClF6N2O5. The van der Waals surface area contributed by atoms with E-state index in [1.807, 2.05) is 5.32 Å². The van der Waals surface area contributed by atoms with Crippen LogP contribution in [0.5, 0.6) is 17.2 Å². The molecule has 0 saturated heterocycles. The van der Waals surface area contributed by atoms with Gasteiger partial charge in [0.05, 0.1) is 31.5 Å². The number of methoxy groups -OCH3 is 2. The molecule has 14 heteroatoms. The minimum atomic E-state index is -5.32. The Labute approximate surface area is 223 Å². The van der Waals surface area contributed by atoms with Crippen molar-refractivity contribution >= 4 is 17.5 Å². The monoisotopic (exact) mass is 578 g/mol. The van der Waals surface area contributed by atoms with Crippen molar-refractivity contribution in [1.82, 2.24) is 10.3 Å². The molecule has 1 atom stereocenters. The molecule has 39 heavy (non-hydrogen) atoms. The van der Waals surface area contributed by atoms with E-state index in [1.165, 1.54) is 20.3 Å². The third-order valence-electron chi connectivity index (χ3n) is 5.46. The topological polar surface area (TPSA) is 89.9 Å². The number of carbonyl (C=O) groups is 1. The highest BCUT2D eigenvalue weighted by atomic mass is 35.5. The van der Waals surface area contributed by atoms with Gasteiger partial charge in [0, 0.05) is 11.1 Å². The maximum atomic E-state index is 14.2. The van der Waals surface area contributed by atoms with Crippen LogP contribution in [-0.2, 0) is 5.60 Å². The van der Waals surface area contributed by atoms with E-state index in [0.29, 0.717) is 0 Å². The number of halogens is 7. The number of rotatable bonds is 10. The lowest BCUT2D eigenvalue weighted by atomic mass is 9.96. The molecule has 0 aliphatic heterocycles. The van der Waals surface area contributed by atoms with Gasteiger partial charge in [-0.15, -0.1) is 0 Å². The van der Waals surface area contributed by atoms with Crippen molar-refractivity contribution in [3.63, 3.8) is 0 Å². The Bertz CT molecular complexity index is 1340. The fourth-order valence-corrected chi connectivity index (χ4v) is 3.60. The third-order valence-corrected chi connectivity index (χ3v) is 5.75. The van der Waals surface area contributed by atoms with E-state index < -0.39 is 48.8 Å². The molecule has 0 fully saturated rings. The Hall–Kier alpha value is -3.71. The smallest absolute Gasteiger partial charge is 0.424 e. The summed E-state index contributed by atoms with van der Waals surface area (Å²) in [6, 6.07) is 8.64. The van der Waals surface area contributed by atoms with Crippen LogP contribution >= 0.6 is 11.6 Å². The summed E-state index contributed by atoms with van der Waals surface area (Å²) in [5, 5.41) is 12.5. The van der Waals surface area contributed by atoms with E-state index in [1.54, 1.807) is 0 Å². The molecule has 1 aromatic heterocycles. The number of nitrogens with one attached hydrogen (secondary N) is 1. The van der Waals surface area contributed by atoms with E-state index in [0.717, 1.165) is 42.5 Å². The third kappa shape index (κ3) is 6.66. The zero-order chi connectivity index (χ0) is 29.0. The fraction of sp³-hybridized carbons (Fsp3) is 0.280. The molecule has 3 aromatic rings. The number of amides is 1. The van der Waals surface area contributed by atoms with Crippen LogP contribution in [-0.4, -0.2) is 56.0 Å². The van der Waals surface area contributed by atoms with E-state index >= 15 is 0 Å². The van der Waals surface area contributed by atoms with Crippen LogP contribution in [0.15, 0.2) is 48.5 Å². The van der Waals surface area contributed by atoms with Gasteiger partial charge >= 0.3 is 6.18 Å². The van der Waals surface area contributed by atoms with Crippen LogP contribution in [0.25, 0.3) is 11.3 Å². The van der Waals surface area contributed by atoms with Crippen molar-refractivity contribution in [3.8, 4) is 28.5 Å². The van der Waals surface area contributed by atoms with Gasteiger partial charge in [0.15, 0.2) is 11.5 Å². The lowest BCUT2D eigenvalue weighted by molar-refractivity contribution is -0.265. The van der Waals surface area contributed by atoms with Crippen molar-refractivity contribution in [2.75, 3.05) is 27.4 Å². The molecule has 3 rings (SSSR count). The molecule has 0 aliphatic carbocycles. The Balaban J connectivity index is 1.93. The van der Waals surface area contributed by atoms with E-state index in [4.69, 9.17) is 25.8 Å². The predicted octanol–water partition coefficient (Wildman–Crippen LogP) is 5.38. The zero-order valence-corrected chi connectivity index (χ0v) is 21.0. The first-order chi connectivity index (χ1) is 18.3. The lowest BCUT2D eigenvalue weighted by Gasteiger charge is -2.30. The summed E-state index contributed by atoms with van der Waals surface area (Å²) in [4.78, 5) is 16.6. The Morgan fingerprint density at radius 3 is 2.28 bits per heavy atom. The highest BCUT2D eigenvalue weighted by Crippen LogP contribution is 2.40. The maximum absolute atomic E-state index is 14.2. The summed E-state index contributed by atoms with van der Waals surface area (Å²) in [5.41, 5.74) is -4.83. The normalized spacial score (nSPS) is 13.1. The second kappa shape index (κ2) is 12.0. The summed E-state index contributed by atoms with van der Waals surface area (Å²) in [5.74, 6) is -2.03. The molecule has 7 nitrogen and oxygen atoms in total. The summed E-state index contributed by atoms with van der Waals surface area (Å²) in [6.07, 6.45) is -8.09. The van der Waals surface area contributed by atoms with Crippen LogP contribution in [0.4, 0.5) is 26.3 Å². The Morgan fingerprint density at radius 1 is 1.03 bits per heavy atom. The minimum absolute atomic E-state index is 0.0104. The maximum Gasteiger partial charge on any atom is 0.424 e. The first-order valence-electron chi connectivity index (χ1n) is 11.0. The summed E-state index contributed by atoms with van der Waals surface area (Å²) in [6.45, 7) is -2.30. The molecule has 0 bridgehead atoms. The number of hydrogen-bond donors (Lipinski definition) is 2. The van der Waals surface area contributed by atoms with Crippen molar-refractivity contribution in [2.24, 2.45) is 0 Å². The molecular weight excluding hydrogens is 558 g/mol. The number of aromatic nitrogens is 1. The number of hydrogen-bond acceptors (Lipinski definition) is 6. The highest BCUT2D eigenvalue weighted by Gasteiger charge is 2.56. The number of ether oxygens (including phenoxy) is 3. The summed E-state index contributed by atoms with van der Waals surface area (Å²) >= 11 is 5.80. The molecule has 1 amide bonds. The number of carbonyl (C=O) groups excluding carboxylic acids is 1. The highest BCUT2D eigenvalue weighted by molar-refractivity contribution is 6.31. The van der Waals surface area contributed by atoms with Gasteiger partial charge in [0.1, 0.15) is 23.9 Å². The number of benzene rings is 2. The van der Waals surface area contributed by atoms with Crippen molar-refractivity contribution in [2.45, 2.75) is 18.2 Å². The van der Waals surface area contributed by atoms with Gasteiger partial charge in [-0.1, -0.05) is 11.6 Å². The van der Waals surface area contributed by atoms with E-state index in [9.17, 15) is 36.2 Å². The summed E-state index contributed by atoms with van der Waals surface area (Å²) in [7, 11) is 2.41. The quantitative estimate of drug-likeness (QED) is 0.314. The van der Waals surface area contributed by atoms with Crippen molar-refractivity contribution < 1.29 is 50.5 Å². The van der Waals surface area contributed by atoms with Crippen LogP contribution in [0.2, 0.25) is 5.02 Å². The van der Waals surface area contributed by atoms with Gasteiger partial charge in [0.2, 0.25) is 5.60 Å². The molecule has 2 aromatic carbocycles. The average molecular weight is 579 g/mol. The van der Waals surface area contributed by atoms with Gasteiger partial charge in [-0.2, -0.15) is 13.2 Å². The molecule has 210 valence electrons. The lowest BCUT2D eigenvalue weighted by Crippen LogP contribution is -2.51. The SMILES string of the molecule is COc1cc(C(=O)NCC(O)(c2ccc(OC)c(-c3ccc(F)c(Cl)c3)n2)C(F)(F)F)ccc1OCC(F)F. The van der Waals surface area contributed by atoms with E-state index in [-0.39, 0.29) is 39.1 Å². The standard InChI is InChI=1S/C25H21ClF6N2O5/c1-37-18-7-8-20(34-22(18)13-3-5-16(27)15(26)9-13)24(36,25(30,31)32)12-33-23(35)14-4-6-17(19(10-14)38-2)39-11-21(28)29/h3-10,21,36H,11-12H2,1-2H3,(H,33,35). The van der Waals surface area contributed by atoms with Crippen LogP contribution in [0.1, 0.15) is 16.1 Å². The van der Waals surface area contributed by atoms with Gasteiger partial charge in [-0.3, -0.25) is 4.79 Å². The average Bonchev–Trinajstić information content (AvgIpc) is 2.90. The zero-order valence-electron chi connectivity index (χ0n) is 20.3. The Kier molecular flexibility index (Phi) is 9.18. The fourth-order valence-electron chi connectivity index (χ4n) is 3.42. The molecule has 2 N–H and O–H groups in total. The number of aliphatic hydroxyl groups is 1. The molecule has 0 aliphatic rings. The molecule has 1 unspecified atom stereocenters. The first-order valence-corrected chi connectivity index (χ1v) is 11.4. The molecule has 0 saturated carbocycles. The minimum Gasteiger partial charge on any atom is -0.494 e. The van der Waals surface area contributed by atoms with Gasteiger partial charge in [0.25, 0.3) is 12.3 Å². The predicted molar refractivity (Wildman–Crippen MR) is 128 cm³/mol. The second-order valence-corrected chi connectivity index (χ2v) is 8.39. The molecule has 0 radical (unpaired) electrons. The van der Waals surface area contributed by atoms with Gasteiger partial charge in [-0.25, -0.2) is 18.2 Å². The molecule has 0 spiro atoms. The van der Waals surface area contributed by atoms with Crippen LogP contribution < -0.4 is 19.5 Å². The Morgan fingerprint density at radius 2 is 1.69 bits per heavy atom. The van der Waals surface area contributed by atoms with Crippen LogP contribution in [0, 0.1) is 5.82 Å². The largest absolute Gasteiger partial charge is 0.494 e.